The van der Waals surface area contributed by atoms with E-state index in [1.165, 1.54) is 37.5 Å². The second-order valence-corrected chi connectivity index (χ2v) is 7.00. The number of nitrogens with one attached hydrogen (secondary N) is 1. The van der Waals surface area contributed by atoms with Gasteiger partial charge in [0.15, 0.2) is 0 Å². The van der Waals surface area contributed by atoms with E-state index in [1.807, 2.05) is 0 Å². The van der Waals surface area contributed by atoms with E-state index in [-0.39, 0.29) is 0 Å². The molecule has 4 heteroatoms. The van der Waals surface area contributed by atoms with Crippen LogP contribution in [0.4, 0.5) is 0 Å². The molecule has 2 rings (SSSR count). The largest absolute Gasteiger partial charge is 0.313 e. The van der Waals surface area contributed by atoms with Gasteiger partial charge in [-0.2, -0.15) is 0 Å². The molecule has 2 heterocycles. The predicted octanol–water partition coefficient (Wildman–Crippen LogP) is 2.70. The van der Waals surface area contributed by atoms with Gasteiger partial charge >= 0.3 is 0 Å². The first kappa shape index (κ1) is 14.9. The van der Waals surface area contributed by atoms with Gasteiger partial charge in [-0.1, -0.05) is 13.8 Å². The van der Waals surface area contributed by atoms with Gasteiger partial charge in [0.1, 0.15) is 0 Å². The molecule has 1 aliphatic heterocycles. The molecule has 0 amide bonds. The maximum absolute atomic E-state index is 4.51. The Morgan fingerprint density at radius 3 is 2.74 bits per heavy atom. The number of rotatable bonds is 6. The molecule has 19 heavy (non-hydrogen) atoms. The standard InChI is InChI=1S/C15H27N3S/c1-12(2)10-18-8-5-14(6-9-18)16-7-4-15-17-13(3)11-19-15/h11-12,14,16H,4-10H2,1-3H3. The van der Waals surface area contributed by atoms with Crippen molar-refractivity contribution in [2.75, 3.05) is 26.2 Å². The molecule has 0 unspecified atom stereocenters. The Balaban J connectivity index is 1.60. The topological polar surface area (TPSA) is 28.2 Å². The van der Waals surface area contributed by atoms with Crippen LogP contribution >= 0.6 is 11.3 Å². The molecule has 1 aromatic rings. The van der Waals surface area contributed by atoms with E-state index in [4.69, 9.17) is 0 Å². The van der Waals surface area contributed by atoms with Crippen molar-refractivity contribution in [2.24, 2.45) is 5.92 Å². The van der Waals surface area contributed by atoms with Gasteiger partial charge in [-0.25, -0.2) is 4.98 Å². The highest BCUT2D eigenvalue weighted by Crippen LogP contribution is 2.13. The van der Waals surface area contributed by atoms with Crippen LogP contribution in [0.15, 0.2) is 5.38 Å². The molecule has 108 valence electrons. The smallest absolute Gasteiger partial charge is 0.0940 e. The number of likely N-dealkylation sites (tertiary alicyclic amines) is 1. The van der Waals surface area contributed by atoms with Crippen LogP contribution in [0.1, 0.15) is 37.4 Å². The van der Waals surface area contributed by atoms with Gasteiger partial charge in [0.25, 0.3) is 0 Å². The molecular formula is C15H27N3S. The summed E-state index contributed by atoms with van der Waals surface area (Å²) in [5.41, 5.74) is 1.15. The first-order chi connectivity index (χ1) is 9.13. The summed E-state index contributed by atoms with van der Waals surface area (Å²) in [6.07, 6.45) is 3.66. The molecule has 0 aliphatic carbocycles. The molecule has 1 saturated heterocycles. The van der Waals surface area contributed by atoms with Crippen LogP contribution in [-0.4, -0.2) is 42.1 Å². The number of aryl methyl sites for hydroxylation is 1. The Morgan fingerprint density at radius 1 is 1.42 bits per heavy atom. The van der Waals surface area contributed by atoms with Crippen molar-refractivity contribution in [3.05, 3.63) is 16.1 Å². The minimum Gasteiger partial charge on any atom is -0.313 e. The lowest BCUT2D eigenvalue weighted by Gasteiger charge is -2.33. The lowest BCUT2D eigenvalue weighted by Crippen LogP contribution is -2.44. The molecule has 0 bridgehead atoms. The second kappa shape index (κ2) is 7.36. The number of hydrogen-bond donors (Lipinski definition) is 1. The lowest BCUT2D eigenvalue weighted by molar-refractivity contribution is 0.180. The van der Waals surface area contributed by atoms with Crippen molar-refractivity contribution in [3.63, 3.8) is 0 Å². The van der Waals surface area contributed by atoms with Gasteiger partial charge in [0.2, 0.25) is 0 Å². The summed E-state index contributed by atoms with van der Waals surface area (Å²) in [5.74, 6) is 0.789. The first-order valence-electron chi connectivity index (χ1n) is 7.50. The van der Waals surface area contributed by atoms with Crippen LogP contribution < -0.4 is 5.32 Å². The highest BCUT2D eigenvalue weighted by Gasteiger charge is 2.18. The Hall–Kier alpha value is -0.450. The number of aromatic nitrogens is 1. The number of nitrogens with zero attached hydrogens (tertiary/aromatic N) is 2. The molecule has 1 N–H and O–H groups in total. The molecule has 0 saturated carbocycles. The predicted molar refractivity (Wildman–Crippen MR) is 82.9 cm³/mol. The third-order valence-electron chi connectivity index (χ3n) is 3.65. The van der Waals surface area contributed by atoms with Gasteiger partial charge < -0.3 is 10.2 Å². The highest BCUT2D eigenvalue weighted by molar-refractivity contribution is 7.09. The SMILES string of the molecule is Cc1csc(CCNC2CCN(CC(C)C)CC2)n1. The third kappa shape index (κ3) is 5.21. The number of hydrogen-bond acceptors (Lipinski definition) is 4. The summed E-state index contributed by atoms with van der Waals surface area (Å²) in [4.78, 5) is 7.11. The maximum atomic E-state index is 4.51. The third-order valence-corrected chi connectivity index (χ3v) is 4.68. The quantitative estimate of drug-likeness (QED) is 0.869. The molecule has 0 spiro atoms. The van der Waals surface area contributed by atoms with Crippen LogP contribution in [0.5, 0.6) is 0 Å². The molecule has 3 nitrogen and oxygen atoms in total. The summed E-state index contributed by atoms with van der Waals surface area (Å²) < 4.78 is 0. The highest BCUT2D eigenvalue weighted by atomic mass is 32.1. The van der Waals surface area contributed by atoms with Crippen LogP contribution in [-0.2, 0) is 6.42 Å². The summed E-state index contributed by atoms with van der Waals surface area (Å²) >= 11 is 1.78. The number of thiazole rings is 1. The van der Waals surface area contributed by atoms with Crippen molar-refractivity contribution < 1.29 is 0 Å². The zero-order chi connectivity index (χ0) is 13.7. The van der Waals surface area contributed by atoms with E-state index in [0.29, 0.717) is 6.04 Å². The fraction of sp³-hybridized carbons (Fsp3) is 0.800. The fourth-order valence-corrected chi connectivity index (χ4v) is 3.51. The molecule has 0 radical (unpaired) electrons. The Bertz CT molecular complexity index is 367. The lowest BCUT2D eigenvalue weighted by atomic mass is 10.0. The number of piperidine rings is 1. The molecule has 1 aromatic heterocycles. The van der Waals surface area contributed by atoms with E-state index in [0.717, 1.165) is 24.6 Å². The Kier molecular flexibility index (Phi) is 5.79. The van der Waals surface area contributed by atoms with Gasteiger partial charge in [-0.3, -0.25) is 0 Å². The van der Waals surface area contributed by atoms with Crippen molar-refractivity contribution in [1.29, 1.82) is 0 Å². The average molecular weight is 281 g/mol. The first-order valence-corrected chi connectivity index (χ1v) is 8.38. The van der Waals surface area contributed by atoms with E-state index in [2.05, 4.69) is 41.4 Å². The monoisotopic (exact) mass is 281 g/mol. The van der Waals surface area contributed by atoms with Crippen LogP contribution in [0.3, 0.4) is 0 Å². The maximum Gasteiger partial charge on any atom is 0.0940 e. The van der Waals surface area contributed by atoms with Crippen molar-refractivity contribution >= 4 is 11.3 Å². The van der Waals surface area contributed by atoms with Gasteiger partial charge in [-0.05, 0) is 38.8 Å². The van der Waals surface area contributed by atoms with Gasteiger partial charge in [-0.15, -0.1) is 11.3 Å². The van der Waals surface area contributed by atoms with Crippen LogP contribution in [0, 0.1) is 12.8 Å². The van der Waals surface area contributed by atoms with E-state index in [1.54, 1.807) is 11.3 Å². The Labute approximate surface area is 121 Å². The van der Waals surface area contributed by atoms with E-state index < -0.39 is 0 Å². The normalized spacial score (nSPS) is 18.3. The average Bonchev–Trinajstić information content (AvgIpc) is 2.77. The van der Waals surface area contributed by atoms with Crippen molar-refractivity contribution in [3.8, 4) is 0 Å². The summed E-state index contributed by atoms with van der Waals surface area (Å²) in [7, 11) is 0. The summed E-state index contributed by atoms with van der Waals surface area (Å²) in [6.45, 7) is 11.5. The molecule has 0 atom stereocenters. The van der Waals surface area contributed by atoms with E-state index >= 15 is 0 Å². The fourth-order valence-electron chi connectivity index (χ4n) is 2.74. The van der Waals surface area contributed by atoms with Crippen LogP contribution in [0.25, 0.3) is 0 Å². The molecule has 0 aromatic carbocycles. The van der Waals surface area contributed by atoms with Gasteiger partial charge in [0.05, 0.1) is 5.01 Å². The minimum absolute atomic E-state index is 0.712. The zero-order valence-electron chi connectivity index (χ0n) is 12.5. The molecular weight excluding hydrogens is 254 g/mol. The summed E-state index contributed by atoms with van der Waals surface area (Å²) in [5, 5.41) is 7.10. The van der Waals surface area contributed by atoms with Gasteiger partial charge in [0, 0.05) is 36.6 Å². The van der Waals surface area contributed by atoms with Crippen molar-refractivity contribution in [2.45, 2.75) is 46.1 Å². The van der Waals surface area contributed by atoms with Crippen LogP contribution in [0.2, 0.25) is 0 Å². The Morgan fingerprint density at radius 2 is 2.16 bits per heavy atom. The summed E-state index contributed by atoms with van der Waals surface area (Å²) in [6, 6.07) is 0.712. The second-order valence-electron chi connectivity index (χ2n) is 6.06. The zero-order valence-corrected chi connectivity index (χ0v) is 13.3. The molecule has 1 fully saturated rings. The van der Waals surface area contributed by atoms with E-state index in [9.17, 15) is 0 Å². The van der Waals surface area contributed by atoms with Crippen molar-refractivity contribution in [1.82, 2.24) is 15.2 Å². The minimum atomic E-state index is 0.712. The molecule has 1 aliphatic rings.